The molecule has 372 valence electrons. The first-order valence-corrected chi connectivity index (χ1v) is 27.2. The number of rotatable bonds is 47. The Morgan fingerprint density at radius 2 is 0.892 bits per heavy atom. The van der Waals surface area contributed by atoms with Crippen molar-refractivity contribution in [2.24, 2.45) is 5.73 Å². The third-order valence-corrected chi connectivity index (χ3v) is 11.5. The summed E-state index contributed by atoms with van der Waals surface area (Å²) in [6.45, 7) is 3.49. The Kier molecular flexibility index (Phi) is 48.0. The van der Waals surface area contributed by atoms with E-state index in [0.717, 1.165) is 57.8 Å². The molecule has 9 nitrogen and oxygen atoms in total. The van der Waals surface area contributed by atoms with Gasteiger partial charge < -0.3 is 20.1 Å². The molecule has 0 aromatic carbocycles. The number of phosphoric ester groups is 1. The van der Waals surface area contributed by atoms with E-state index in [1.165, 1.54) is 109 Å². The summed E-state index contributed by atoms with van der Waals surface area (Å²) in [5, 5.41) is 0. The third kappa shape index (κ3) is 50.2. The molecule has 0 aliphatic heterocycles. The number of esters is 2. The van der Waals surface area contributed by atoms with E-state index in [9.17, 15) is 19.0 Å². The molecule has 0 saturated heterocycles. The van der Waals surface area contributed by atoms with Gasteiger partial charge in [-0.05, 0) is 77.0 Å². The molecule has 0 spiro atoms. The minimum Gasteiger partial charge on any atom is -0.462 e. The van der Waals surface area contributed by atoms with Crippen LogP contribution in [0, 0.1) is 0 Å². The summed E-state index contributed by atoms with van der Waals surface area (Å²) in [4.78, 5) is 34.9. The van der Waals surface area contributed by atoms with Crippen molar-refractivity contribution in [1.29, 1.82) is 0 Å². The van der Waals surface area contributed by atoms with Crippen LogP contribution in [0.5, 0.6) is 0 Å². The number of hydrogen-bond acceptors (Lipinski definition) is 8. The monoisotopic (exact) mass is 928 g/mol. The molecule has 65 heavy (non-hydrogen) atoms. The van der Waals surface area contributed by atoms with Crippen molar-refractivity contribution in [3.8, 4) is 0 Å². The Morgan fingerprint density at radius 3 is 1.34 bits per heavy atom. The van der Waals surface area contributed by atoms with E-state index < -0.39 is 32.5 Å². The largest absolute Gasteiger partial charge is 0.472 e. The number of ether oxygens (including phenoxy) is 2. The highest BCUT2D eigenvalue weighted by Gasteiger charge is 2.25. The lowest BCUT2D eigenvalue weighted by Crippen LogP contribution is -2.29. The zero-order valence-corrected chi connectivity index (χ0v) is 42.1. The molecule has 0 aromatic heterocycles. The maximum Gasteiger partial charge on any atom is 0.472 e. The molecule has 0 fully saturated rings. The van der Waals surface area contributed by atoms with Crippen molar-refractivity contribution in [2.45, 2.75) is 213 Å². The van der Waals surface area contributed by atoms with Gasteiger partial charge in [0.25, 0.3) is 0 Å². The smallest absolute Gasteiger partial charge is 0.462 e. The predicted molar refractivity (Wildman–Crippen MR) is 275 cm³/mol. The molecule has 0 heterocycles. The van der Waals surface area contributed by atoms with E-state index in [4.69, 9.17) is 24.3 Å². The van der Waals surface area contributed by atoms with Gasteiger partial charge in [-0.2, -0.15) is 0 Å². The maximum atomic E-state index is 12.6. The highest BCUT2D eigenvalue weighted by atomic mass is 31.2. The Labute approximate surface area is 397 Å². The minimum absolute atomic E-state index is 0.00597. The number of phosphoric acid groups is 1. The molecule has 0 rings (SSSR count). The Bertz CT molecular complexity index is 1380. The van der Waals surface area contributed by atoms with Crippen molar-refractivity contribution in [3.05, 3.63) is 97.2 Å². The molecule has 0 bridgehead atoms. The Morgan fingerprint density at radius 1 is 0.492 bits per heavy atom. The standard InChI is InChI=1S/C55H94NO8P/c1-3-5-7-9-11-13-15-17-19-20-21-22-23-24-25-26-27-28-29-30-31-32-34-35-37-39-41-43-45-47-54(57)61-51-53(52-63-65(59,60)62-50-49-56)64-55(58)48-46-44-42-40-38-36-33-18-16-14-12-10-8-6-4-2/h6,8,12,14-15,17-18,20-21,23-24,33,38,40,44,46,53H,3-5,7,9-11,13,16,19,22,25-32,34-37,39,41-43,45,47-52,56H2,1-2H3,(H,59,60)/b8-6-,14-12-,17-15-,21-20-,24-23-,33-18-,40-38-,46-44-. The van der Waals surface area contributed by atoms with Crippen molar-refractivity contribution < 1.29 is 37.6 Å². The van der Waals surface area contributed by atoms with E-state index in [-0.39, 0.29) is 32.6 Å². The van der Waals surface area contributed by atoms with Crippen molar-refractivity contribution in [1.82, 2.24) is 0 Å². The van der Waals surface area contributed by atoms with E-state index in [0.29, 0.717) is 12.8 Å². The second-order valence-corrected chi connectivity index (χ2v) is 18.1. The fourth-order valence-corrected chi connectivity index (χ4v) is 7.48. The van der Waals surface area contributed by atoms with E-state index in [1.54, 1.807) is 6.08 Å². The number of allylic oxidation sites excluding steroid dienone is 15. The predicted octanol–water partition coefficient (Wildman–Crippen LogP) is 15.7. The summed E-state index contributed by atoms with van der Waals surface area (Å²) < 4.78 is 32.7. The quantitative estimate of drug-likeness (QED) is 0.0265. The van der Waals surface area contributed by atoms with Crippen LogP contribution in [0.2, 0.25) is 0 Å². The van der Waals surface area contributed by atoms with Gasteiger partial charge in [-0.3, -0.25) is 18.6 Å². The summed E-state index contributed by atoms with van der Waals surface area (Å²) in [5.41, 5.74) is 5.35. The summed E-state index contributed by atoms with van der Waals surface area (Å²) in [7, 11) is -4.41. The van der Waals surface area contributed by atoms with Gasteiger partial charge >= 0.3 is 19.8 Å². The minimum atomic E-state index is -4.41. The zero-order chi connectivity index (χ0) is 47.4. The van der Waals surface area contributed by atoms with Crippen molar-refractivity contribution in [2.75, 3.05) is 26.4 Å². The average molecular weight is 928 g/mol. The van der Waals surface area contributed by atoms with E-state index in [1.807, 2.05) is 12.2 Å². The summed E-state index contributed by atoms with van der Waals surface area (Å²) >= 11 is 0. The van der Waals surface area contributed by atoms with Crippen molar-refractivity contribution >= 4 is 19.8 Å². The van der Waals surface area contributed by atoms with Gasteiger partial charge in [-0.15, -0.1) is 0 Å². The second-order valence-electron chi connectivity index (χ2n) is 16.7. The summed E-state index contributed by atoms with van der Waals surface area (Å²) in [6.07, 6.45) is 66.4. The molecule has 10 heteroatoms. The van der Waals surface area contributed by atoms with Crippen LogP contribution in [-0.4, -0.2) is 49.3 Å². The fraction of sp³-hybridized carbons (Fsp3) is 0.673. The van der Waals surface area contributed by atoms with Crippen LogP contribution in [0.4, 0.5) is 0 Å². The zero-order valence-electron chi connectivity index (χ0n) is 41.2. The first-order valence-electron chi connectivity index (χ1n) is 25.7. The molecule has 2 unspecified atom stereocenters. The molecule has 3 N–H and O–H groups in total. The number of nitrogens with two attached hydrogens (primary N) is 1. The van der Waals surface area contributed by atoms with Crippen molar-refractivity contribution in [3.63, 3.8) is 0 Å². The normalized spacial score (nSPS) is 14.0. The molecule has 0 aliphatic rings. The number of hydrogen-bond donors (Lipinski definition) is 2. The summed E-state index contributed by atoms with van der Waals surface area (Å²) in [6, 6.07) is 0. The topological polar surface area (TPSA) is 134 Å². The van der Waals surface area contributed by atoms with Gasteiger partial charge in [0.05, 0.1) is 19.6 Å². The van der Waals surface area contributed by atoms with Gasteiger partial charge in [0.1, 0.15) is 6.61 Å². The molecular formula is C55H94NO8P. The van der Waals surface area contributed by atoms with Crippen LogP contribution in [0.3, 0.4) is 0 Å². The van der Waals surface area contributed by atoms with Gasteiger partial charge in [0.15, 0.2) is 6.10 Å². The van der Waals surface area contributed by atoms with Gasteiger partial charge in [-0.1, -0.05) is 214 Å². The van der Waals surface area contributed by atoms with E-state index >= 15 is 0 Å². The maximum absolute atomic E-state index is 12.6. The van der Waals surface area contributed by atoms with Crippen LogP contribution >= 0.6 is 7.82 Å². The molecule has 0 saturated carbocycles. The molecule has 0 radical (unpaired) electrons. The van der Waals surface area contributed by atoms with Crippen LogP contribution in [0.15, 0.2) is 97.2 Å². The Hall–Kier alpha value is -3.07. The first-order chi connectivity index (χ1) is 31.8. The first kappa shape index (κ1) is 61.9. The van der Waals surface area contributed by atoms with Crippen LogP contribution in [0.25, 0.3) is 0 Å². The van der Waals surface area contributed by atoms with Crippen LogP contribution in [0.1, 0.15) is 206 Å². The third-order valence-electron chi connectivity index (χ3n) is 10.5. The average Bonchev–Trinajstić information content (AvgIpc) is 3.30. The van der Waals surface area contributed by atoms with Crippen LogP contribution in [-0.2, 0) is 32.7 Å². The number of carbonyl (C=O) groups is 2. The Balaban J connectivity index is 4.04. The summed E-state index contributed by atoms with van der Waals surface area (Å²) in [5.74, 6) is -0.981. The molecule has 0 aliphatic carbocycles. The lowest BCUT2D eigenvalue weighted by molar-refractivity contribution is -0.160. The molecule has 0 amide bonds. The number of carbonyl (C=O) groups excluding carboxylic acids is 2. The highest BCUT2D eigenvalue weighted by Crippen LogP contribution is 2.43. The molecular weight excluding hydrogens is 834 g/mol. The van der Waals surface area contributed by atoms with E-state index in [2.05, 4.69) is 92.8 Å². The fourth-order valence-electron chi connectivity index (χ4n) is 6.72. The lowest BCUT2D eigenvalue weighted by atomic mass is 10.0. The van der Waals surface area contributed by atoms with Gasteiger partial charge in [0, 0.05) is 13.0 Å². The molecule has 2 atom stereocenters. The van der Waals surface area contributed by atoms with Gasteiger partial charge in [0.2, 0.25) is 0 Å². The highest BCUT2D eigenvalue weighted by molar-refractivity contribution is 7.47. The SMILES string of the molecule is CC/C=C\C/C=C\C/C=C\C/C=C\C/C=C\CC(=O)OC(COC(=O)CCCCCCCCCCCCCCCC/C=C\C/C=C\C/C=C\CCCCCCC)COP(=O)(O)OCCN. The lowest BCUT2D eigenvalue weighted by Gasteiger charge is -2.19. The number of unbranched alkanes of at least 4 members (excludes halogenated alkanes) is 19. The van der Waals surface area contributed by atoms with Gasteiger partial charge in [-0.25, -0.2) is 4.57 Å². The second kappa shape index (κ2) is 50.3. The molecule has 0 aromatic rings. The van der Waals surface area contributed by atoms with Crippen LogP contribution < -0.4 is 5.73 Å².